The van der Waals surface area contributed by atoms with E-state index in [0.29, 0.717) is 19.4 Å². The quantitative estimate of drug-likeness (QED) is 0.916. The minimum atomic E-state index is -1.09. The third kappa shape index (κ3) is 4.06. The molecular weight excluding hydrogens is 300 g/mol. The summed E-state index contributed by atoms with van der Waals surface area (Å²) in [5.41, 5.74) is 3.68. The van der Waals surface area contributed by atoms with Crippen molar-refractivity contribution in [2.24, 2.45) is 11.7 Å². The van der Waals surface area contributed by atoms with Gasteiger partial charge in [0.2, 0.25) is 0 Å². The molecule has 0 spiro atoms. The number of carbonyl (C=O) groups is 1. The predicted molar refractivity (Wildman–Crippen MR) is 76.9 cm³/mol. The van der Waals surface area contributed by atoms with E-state index >= 15 is 0 Å². The molecule has 0 aliphatic heterocycles. The van der Waals surface area contributed by atoms with Gasteiger partial charge in [0.05, 0.1) is 17.2 Å². The second-order valence-electron chi connectivity index (χ2n) is 5.79. The SMILES string of the molecule is CC1(F)CCC(COc2cc(F)c(C(N)=O)cc2Cl)CC1. The molecule has 21 heavy (non-hydrogen) atoms. The van der Waals surface area contributed by atoms with Crippen molar-refractivity contribution in [3.05, 3.63) is 28.5 Å². The summed E-state index contributed by atoms with van der Waals surface area (Å²) in [7, 11) is 0. The molecule has 1 aromatic carbocycles. The van der Waals surface area contributed by atoms with Crippen LogP contribution in [-0.4, -0.2) is 18.2 Å². The number of ether oxygens (including phenoxy) is 1. The first-order valence-electron chi connectivity index (χ1n) is 6.89. The van der Waals surface area contributed by atoms with Crippen molar-refractivity contribution in [3.8, 4) is 5.75 Å². The Balaban J connectivity index is 1.98. The summed E-state index contributed by atoms with van der Waals surface area (Å²) in [6, 6.07) is 2.22. The monoisotopic (exact) mass is 317 g/mol. The fourth-order valence-corrected chi connectivity index (χ4v) is 2.70. The van der Waals surface area contributed by atoms with Crippen LogP contribution in [0.15, 0.2) is 12.1 Å². The summed E-state index contributed by atoms with van der Waals surface area (Å²) >= 11 is 5.95. The maximum absolute atomic E-state index is 13.7. The van der Waals surface area contributed by atoms with Crippen molar-refractivity contribution in [1.29, 1.82) is 0 Å². The van der Waals surface area contributed by atoms with E-state index in [1.165, 1.54) is 0 Å². The van der Waals surface area contributed by atoms with Gasteiger partial charge in [0.1, 0.15) is 17.2 Å². The van der Waals surface area contributed by atoms with Gasteiger partial charge < -0.3 is 10.5 Å². The summed E-state index contributed by atoms with van der Waals surface area (Å²) in [5.74, 6) is -1.24. The average Bonchev–Trinajstić information content (AvgIpc) is 2.40. The Hall–Kier alpha value is -1.36. The molecule has 1 saturated carbocycles. The fourth-order valence-electron chi connectivity index (χ4n) is 2.48. The minimum absolute atomic E-state index is 0.135. The zero-order valence-corrected chi connectivity index (χ0v) is 12.6. The highest BCUT2D eigenvalue weighted by Gasteiger charge is 2.30. The lowest BCUT2D eigenvalue weighted by Gasteiger charge is -2.30. The third-order valence-corrected chi connectivity index (χ3v) is 4.20. The molecule has 2 N–H and O–H groups in total. The van der Waals surface area contributed by atoms with E-state index in [-0.39, 0.29) is 22.3 Å². The molecule has 1 fully saturated rings. The van der Waals surface area contributed by atoms with Crippen molar-refractivity contribution in [3.63, 3.8) is 0 Å². The number of hydrogen-bond donors (Lipinski definition) is 1. The Labute approximate surface area is 127 Å². The fraction of sp³-hybridized carbons (Fsp3) is 0.533. The molecule has 6 heteroatoms. The summed E-state index contributed by atoms with van der Waals surface area (Å²) in [4.78, 5) is 11.0. The Kier molecular flexibility index (Phi) is 4.71. The number of alkyl halides is 1. The number of hydrogen-bond acceptors (Lipinski definition) is 2. The van der Waals surface area contributed by atoms with Gasteiger partial charge in [0.25, 0.3) is 5.91 Å². The third-order valence-electron chi connectivity index (χ3n) is 3.91. The maximum Gasteiger partial charge on any atom is 0.251 e. The van der Waals surface area contributed by atoms with Crippen LogP contribution in [0, 0.1) is 11.7 Å². The van der Waals surface area contributed by atoms with Gasteiger partial charge >= 0.3 is 0 Å². The van der Waals surface area contributed by atoms with Gasteiger partial charge in [0.15, 0.2) is 0 Å². The van der Waals surface area contributed by atoms with Crippen LogP contribution in [0.25, 0.3) is 0 Å². The largest absolute Gasteiger partial charge is 0.492 e. The van der Waals surface area contributed by atoms with Gasteiger partial charge in [-0.3, -0.25) is 4.79 Å². The van der Waals surface area contributed by atoms with E-state index in [0.717, 1.165) is 25.0 Å². The van der Waals surface area contributed by atoms with Crippen molar-refractivity contribution in [1.82, 2.24) is 0 Å². The summed E-state index contributed by atoms with van der Waals surface area (Å²) in [5, 5.41) is 0.135. The number of nitrogens with two attached hydrogens (primary N) is 1. The van der Waals surface area contributed by atoms with Crippen LogP contribution >= 0.6 is 11.6 Å². The van der Waals surface area contributed by atoms with Gasteiger partial charge in [-0.25, -0.2) is 8.78 Å². The van der Waals surface area contributed by atoms with E-state index in [1.807, 2.05) is 0 Å². The van der Waals surface area contributed by atoms with Gasteiger partial charge in [-0.1, -0.05) is 11.6 Å². The number of primary amides is 1. The highest BCUT2D eigenvalue weighted by molar-refractivity contribution is 6.32. The molecule has 0 atom stereocenters. The molecule has 0 saturated heterocycles. The average molecular weight is 318 g/mol. The summed E-state index contributed by atoms with van der Waals surface area (Å²) < 4.78 is 32.9. The maximum atomic E-state index is 13.7. The Morgan fingerprint density at radius 1 is 1.48 bits per heavy atom. The first-order valence-corrected chi connectivity index (χ1v) is 7.27. The second kappa shape index (κ2) is 6.18. The molecule has 0 bridgehead atoms. The Morgan fingerprint density at radius 3 is 2.67 bits per heavy atom. The molecule has 0 heterocycles. The van der Waals surface area contributed by atoms with E-state index in [1.54, 1.807) is 6.92 Å². The summed E-state index contributed by atoms with van der Waals surface area (Å²) in [6.07, 6.45) is 2.46. The van der Waals surface area contributed by atoms with Crippen LogP contribution in [0.4, 0.5) is 8.78 Å². The lowest BCUT2D eigenvalue weighted by atomic mass is 9.81. The molecule has 3 nitrogen and oxygen atoms in total. The van der Waals surface area contributed by atoms with Crippen LogP contribution in [0.2, 0.25) is 5.02 Å². The summed E-state index contributed by atoms with van der Waals surface area (Å²) in [6.45, 7) is 1.96. The molecule has 0 unspecified atom stereocenters. The first-order chi connectivity index (χ1) is 9.78. The van der Waals surface area contributed by atoms with Crippen LogP contribution in [0.1, 0.15) is 43.0 Å². The zero-order valence-electron chi connectivity index (χ0n) is 11.8. The van der Waals surface area contributed by atoms with Gasteiger partial charge in [-0.05, 0) is 44.6 Å². The van der Waals surface area contributed by atoms with Gasteiger partial charge in [-0.15, -0.1) is 0 Å². The lowest BCUT2D eigenvalue weighted by Crippen LogP contribution is -2.28. The minimum Gasteiger partial charge on any atom is -0.492 e. The van der Waals surface area contributed by atoms with Crippen molar-refractivity contribution >= 4 is 17.5 Å². The Morgan fingerprint density at radius 2 is 2.10 bits per heavy atom. The molecule has 116 valence electrons. The second-order valence-corrected chi connectivity index (χ2v) is 6.20. The number of rotatable bonds is 4. The molecule has 1 aliphatic rings. The molecule has 1 amide bonds. The molecule has 0 aromatic heterocycles. The van der Waals surface area contributed by atoms with Crippen molar-refractivity contribution in [2.75, 3.05) is 6.61 Å². The Bertz CT molecular complexity index is 539. The number of benzene rings is 1. The van der Waals surface area contributed by atoms with E-state index in [4.69, 9.17) is 22.1 Å². The van der Waals surface area contributed by atoms with E-state index in [9.17, 15) is 13.6 Å². The topological polar surface area (TPSA) is 52.3 Å². The highest BCUT2D eigenvalue weighted by Crippen LogP contribution is 2.35. The molecular formula is C15H18ClF2NO2. The normalized spacial score (nSPS) is 25.6. The number of halogens is 3. The standard InChI is InChI=1S/C15H18ClF2NO2/c1-15(18)4-2-9(3-5-15)8-21-13-7-12(17)10(14(19)20)6-11(13)16/h6-7,9H,2-5,8H2,1H3,(H2,19,20). The van der Waals surface area contributed by atoms with Crippen LogP contribution < -0.4 is 10.5 Å². The van der Waals surface area contributed by atoms with E-state index < -0.39 is 17.4 Å². The predicted octanol–water partition coefficient (Wildman–Crippen LogP) is 3.88. The van der Waals surface area contributed by atoms with Gasteiger partial charge in [0, 0.05) is 6.07 Å². The van der Waals surface area contributed by atoms with Crippen molar-refractivity contribution in [2.45, 2.75) is 38.3 Å². The lowest BCUT2D eigenvalue weighted by molar-refractivity contribution is 0.0846. The van der Waals surface area contributed by atoms with Gasteiger partial charge in [-0.2, -0.15) is 0 Å². The van der Waals surface area contributed by atoms with E-state index in [2.05, 4.69) is 0 Å². The number of carbonyl (C=O) groups excluding carboxylic acids is 1. The molecule has 2 rings (SSSR count). The van der Waals surface area contributed by atoms with Crippen molar-refractivity contribution < 1.29 is 18.3 Å². The van der Waals surface area contributed by atoms with Crippen LogP contribution in [0.3, 0.4) is 0 Å². The molecule has 1 aliphatic carbocycles. The molecule has 1 aromatic rings. The van der Waals surface area contributed by atoms with Crippen LogP contribution in [-0.2, 0) is 0 Å². The van der Waals surface area contributed by atoms with Crippen LogP contribution in [0.5, 0.6) is 5.75 Å². The first kappa shape index (κ1) is 16.0. The smallest absolute Gasteiger partial charge is 0.251 e. The molecule has 0 radical (unpaired) electrons. The highest BCUT2D eigenvalue weighted by atomic mass is 35.5. The number of amides is 1. The zero-order chi connectivity index (χ0) is 15.6.